The molecule has 0 spiro atoms. The second-order valence-electron chi connectivity index (χ2n) is 5.99. The van der Waals surface area contributed by atoms with Crippen LogP contribution in [0.25, 0.3) is 0 Å². The normalized spacial score (nSPS) is 21.9. The minimum Gasteiger partial charge on any atom is -0.399 e. The molecule has 20 heavy (non-hydrogen) atoms. The fourth-order valence-electron chi connectivity index (χ4n) is 3.17. The Kier molecular flexibility index (Phi) is 5.05. The number of aryl methyl sites for hydroxylation is 1. The molecule has 1 aromatic carbocycles. The van der Waals surface area contributed by atoms with Crippen LogP contribution in [0, 0.1) is 12.8 Å². The van der Waals surface area contributed by atoms with Crippen LogP contribution in [0.5, 0.6) is 0 Å². The lowest BCUT2D eigenvalue weighted by Gasteiger charge is -2.21. The van der Waals surface area contributed by atoms with Crippen LogP contribution in [-0.4, -0.2) is 11.9 Å². The van der Waals surface area contributed by atoms with Crippen molar-refractivity contribution in [3.63, 3.8) is 0 Å². The highest BCUT2D eigenvalue weighted by molar-refractivity contribution is 5.96. The maximum atomic E-state index is 12.4. The Morgan fingerprint density at radius 3 is 2.95 bits per heavy atom. The first-order valence-corrected chi connectivity index (χ1v) is 7.78. The van der Waals surface area contributed by atoms with Gasteiger partial charge in [-0.3, -0.25) is 4.79 Å². The molecule has 110 valence electrons. The van der Waals surface area contributed by atoms with Crippen molar-refractivity contribution in [3.8, 4) is 0 Å². The highest BCUT2D eigenvalue weighted by Crippen LogP contribution is 2.30. The lowest BCUT2D eigenvalue weighted by molar-refractivity contribution is 0.0926. The molecule has 3 N–H and O–H groups in total. The van der Waals surface area contributed by atoms with E-state index in [4.69, 9.17) is 5.73 Å². The Labute approximate surface area is 121 Å². The van der Waals surface area contributed by atoms with Crippen LogP contribution in [0.15, 0.2) is 18.2 Å². The molecule has 3 nitrogen and oxygen atoms in total. The summed E-state index contributed by atoms with van der Waals surface area (Å²) in [6, 6.07) is 5.87. The molecule has 1 amide bonds. The van der Waals surface area contributed by atoms with Crippen molar-refractivity contribution >= 4 is 11.6 Å². The highest BCUT2D eigenvalue weighted by Gasteiger charge is 2.28. The number of hydrogen-bond donors (Lipinski definition) is 2. The van der Waals surface area contributed by atoms with E-state index in [2.05, 4.69) is 12.2 Å². The first-order valence-electron chi connectivity index (χ1n) is 7.78. The van der Waals surface area contributed by atoms with Gasteiger partial charge < -0.3 is 11.1 Å². The molecule has 1 aromatic rings. The lowest BCUT2D eigenvalue weighted by Crippen LogP contribution is -2.37. The van der Waals surface area contributed by atoms with Crippen molar-refractivity contribution in [1.82, 2.24) is 5.32 Å². The average molecular weight is 274 g/mol. The summed E-state index contributed by atoms with van der Waals surface area (Å²) in [5.74, 6) is 0.684. The van der Waals surface area contributed by atoms with E-state index in [1.54, 1.807) is 6.07 Å². The third kappa shape index (κ3) is 3.53. The van der Waals surface area contributed by atoms with Crippen molar-refractivity contribution in [3.05, 3.63) is 29.3 Å². The van der Waals surface area contributed by atoms with E-state index >= 15 is 0 Å². The SMILES string of the molecule is CCCCC1CCCC1NC(=O)c1cc(N)ccc1C. The second-order valence-corrected chi connectivity index (χ2v) is 5.99. The predicted molar refractivity (Wildman–Crippen MR) is 83.7 cm³/mol. The summed E-state index contributed by atoms with van der Waals surface area (Å²) in [6.45, 7) is 4.18. The minimum absolute atomic E-state index is 0.0307. The number of nitrogen functional groups attached to an aromatic ring is 1. The fraction of sp³-hybridized carbons (Fsp3) is 0.588. The quantitative estimate of drug-likeness (QED) is 0.805. The number of hydrogen-bond acceptors (Lipinski definition) is 2. The van der Waals surface area contributed by atoms with Crippen LogP contribution < -0.4 is 11.1 Å². The average Bonchev–Trinajstić information content (AvgIpc) is 2.86. The zero-order valence-electron chi connectivity index (χ0n) is 12.6. The van der Waals surface area contributed by atoms with Crippen molar-refractivity contribution in [2.75, 3.05) is 5.73 Å². The summed E-state index contributed by atoms with van der Waals surface area (Å²) < 4.78 is 0. The van der Waals surface area contributed by atoms with Crippen LogP contribution >= 0.6 is 0 Å². The van der Waals surface area contributed by atoms with Gasteiger partial charge in [-0.05, 0) is 49.8 Å². The summed E-state index contributed by atoms with van der Waals surface area (Å²) in [6.07, 6.45) is 7.31. The molecule has 1 aliphatic carbocycles. The predicted octanol–water partition coefficient (Wildman–Crippen LogP) is 3.67. The van der Waals surface area contributed by atoms with E-state index in [0.717, 1.165) is 12.0 Å². The Morgan fingerprint density at radius 2 is 2.20 bits per heavy atom. The third-order valence-electron chi connectivity index (χ3n) is 4.41. The topological polar surface area (TPSA) is 55.1 Å². The molecular formula is C17H26N2O. The summed E-state index contributed by atoms with van der Waals surface area (Å²) in [4.78, 5) is 12.4. The van der Waals surface area contributed by atoms with Crippen molar-refractivity contribution in [2.45, 2.75) is 58.4 Å². The Morgan fingerprint density at radius 1 is 1.40 bits per heavy atom. The molecule has 0 saturated heterocycles. The van der Waals surface area contributed by atoms with Crippen molar-refractivity contribution in [1.29, 1.82) is 0 Å². The van der Waals surface area contributed by atoms with Crippen LogP contribution in [0.3, 0.4) is 0 Å². The number of unbranched alkanes of at least 4 members (excludes halogenated alkanes) is 1. The Bertz CT molecular complexity index is 470. The van der Waals surface area contributed by atoms with Gasteiger partial charge in [0, 0.05) is 17.3 Å². The summed E-state index contributed by atoms with van der Waals surface area (Å²) in [5, 5.41) is 3.23. The van der Waals surface area contributed by atoms with Gasteiger partial charge in [-0.2, -0.15) is 0 Å². The van der Waals surface area contributed by atoms with Crippen LogP contribution in [0.2, 0.25) is 0 Å². The number of rotatable bonds is 5. The number of carbonyl (C=O) groups is 1. The van der Waals surface area contributed by atoms with Gasteiger partial charge in [0.1, 0.15) is 0 Å². The van der Waals surface area contributed by atoms with E-state index in [-0.39, 0.29) is 5.91 Å². The summed E-state index contributed by atoms with van der Waals surface area (Å²) >= 11 is 0. The van der Waals surface area contributed by atoms with Gasteiger partial charge in [0.25, 0.3) is 5.91 Å². The van der Waals surface area contributed by atoms with Gasteiger partial charge in [-0.25, -0.2) is 0 Å². The maximum Gasteiger partial charge on any atom is 0.251 e. The number of benzene rings is 1. The molecule has 0 heterocycles. The molecule has 1 fully saturated rings. The van der Waals surface area contributed by atoms with Gasteiger partial charge >= 0.3 is 0 Å². The standard InChI is InChI=1S/C17H26N2O/c1-3-4-6-13-7-5-8-16(13)19-17(20)15-11-14(18)10-9-12(15)2/h9-11,13,16H,3-8,18H2,1-2H3,(H,19,20). The Balaban J connectivity index is 2.01. The first-order chi connectivity index (χ1) is 9.61. The van der Waals surface area contributed by atoms with Gasteiger partial charge in [0.15, 0.2) is 0 Å². The number of nitrogens with two attached hydrogens (primary N) is 1. The number of carbonyl (C=O) groups excluding carboxylic acids is 1. The maximum absolute atomic E-state index is 12.4. The van der Waals surface area contributed by atoms with E-state index in [1.165, 1.54) is 32.1 Å². The number of anilines is 1. The molecule has 1 saturated carbocycles. The largest absolute Gasteiger partial charge is 0.399 e. The number of nitrogens with one attached hydrogen (secondary N) is 1. The van der Waals surface area contributed by atoms with Crippen LogP contribution in [-0.2, 0) is 0 Å². The van der Waals surface area contributed by atoms with E-state index in [9.17, 15) is 4.79 Å². The summed E-state index contributed by atoms with van der Waals surface area (Å²) in [5.41, 5.74) is 8.13. The molecule has 0 bridgehead atoms. The smallest absolute Gasteiger partial charge is 0.251 e. The fourth-order valence-corrected chi connectivity index (χ4v) is 3.17. The molecular weight excluding hydrogens is 248 g/mol. The molecule has 0 aromatic heterocycles. The minimum atomic E-state index is 0.0307. The number of amides is 1. The zero-order valence-corrected chi connectivity index (χ0v) is 12.6. The van der Waals surface area contributed by atoms with Gasteiger partial charge in [0.05, 0.1) is 0 Å². The molecule has 2 unspecified atom stereocenters. The molecule has 2 rings (SSSR count). The van der Waals surface area contributed by atoms with Gasteiger partial charge in [0.2, 0.25) is 0 Å². The Hall–Kier alpha value is -1.51. The molecule has 3 heteroatoms. The summed E-state index contributed by atoms with van der Waals surface area (Å²) in [7, 11) is 0. The van der Waals surface area contributed by atoms with Gasteiger partial charge in [-0.15, -0.1) is 0 Å². The zero-order chi connectivity index (χ0) is 14.5. The van der Waals surface area contributed by atoms with Crippen molar-refractivity contribution in [2.24, 2.45) is 5.92 Å². The van der Waals surface area contributed by atoms with Crippen LogP contribution in [0.4, 0.5) is 5.69 Å². The highest BCUT2D eigenvalue weighted by atomic mass is 16.1. The third-order valence-corrected chi connectivity index (χ3v) is 4.41. The van der Waals surface area contributed by atoms with E-state index < -0.39 is 0 Å². The molecule has 1 aliphatic rings. The molecule has 0 radical (unpaired) electrons. The van der Waals surface area contributed by atoms with Crippen LogP contribution in [0.1, 0.15) is 61.4 Å². The van der Waals surface area contributed by atoms with Crippen molar-refractivity contribution < 1.29 is 4.79 Å². The molecule has 0 aliphatic heterocycles. The lowest BCUT2D eigenvalue weighted by atomic mass is 9.96. The first kappa shape index (κ1) is 14.9. The second kappa shape index (κ2) is 6.78. The van der Waals surface area contributed by atoms with E-state index in [0.29, 0.717) is 23.2 Å². The molecule has 2 atom stereocenters. The van der Waals surface area contributed by atoms with Gasteiger partial charge in [-0.1, -0.05) is 32.3 Å². The van der Waals surface area contributed by atoms with E-state index in [1.807, 2.05) is 19.1 Å². The monoisotopic (exact) mass is 274 g/mol.